The number of hydrogen-bond donors (Lipinski definition) is 0. The fourth-order valence-corrected chi connectivity index (χ4v) is 7.69. The first kappa shape index (κ1) is 24.1. The van der Waals surface area contributed by atoms with E-state index in [0.29, 0.717) is 0 Å². The fourth-order valence-electron chi connectivity index (χ4n) is 7.69. The molecule has 0 fully saturated rings. The number of furan rings is 3. The second kappa shape index (κ2) is 8.68. The number of nitrogens with zero attached hydrogens (tertiary/aromatic N) is 1. The zero-order valence-corrected chi connectivity index (χ0v) is 24.5. The maximum absolute atomic E-state index is 6.67. The van der Waals surface area contributed by atoms with Crippen LogP contribution in [0.4, 0.5) is 0 Å². The molecule has 4 nitrogen and oxygen atoms in total. The molecule has 0 amide bonds. The van der Waals surface area contributed by atoms with Gasteiger partial charge in [0.15, 0.2) is 0 Å². The minimum absolute atomic E-state index is 0.861. The molecule has 4 heterocycles. The molecule has 0 atom stereocenters. The Labute approximate surface area is 261 Å². The zero-order chi connectivity index (χ0) is 29.9. The van der Waals surface area contributed by atoms with Crippen molar-refractivity contribution in [1.82, 2.24) is 4.57 Å². The normalized spacial score (nSPS) is 12.3. The van der Waals surface area contributed by atoms with Gasteiger partial charge in [-0.1, -0.05) is 84.9 Å². The van der Waals surface area contributed by atoms with Gasteiger partial charge in [0.05, 0.1) is 11.0 Å². The predicted octanol–water partition coefficient (Wildman–Crippen LogP) is 12.1. The van der Waals surface area contributed by atoms with Crippen LogP contribution < -0.4 is 0 Å². The number of para-hydroxylation sites is 4. The molecule has 46 heavy (non-hydrogen) atoms. The summed E-state index contributed by atoms with van der Waals surface area (Å²) in [4.78, 5) is 0. The van der Waals surface area contributed by atoms with Crippen molar-refractivity contribution in [1.29, 1.82) is 0 Å². The van der Waals surface area contributed by atoms with Crippen molar-refractivity contribution in [3.63, 3.8) is 0 Å². The van der Waals surface area contributed by atoms with E-state index in [0.717, 1.165) is 93.7 Å². The SMILES string of the molecule is c1ccc2c(c1)oc1cccc(-c3cccc4c3oc3ccc(-n5c6ccccc6c6c7c(ccc65)oc5ccccc57)cc34)c12. The Hall–Kier alpha value is -6.26. The quantitative estimate of drug-likeness (QED) is 0.201. The van der Waals surface area contributed by atoms with Crippen molar-refractivity contribution >= 4 is 87.6 Å². The third kappa shape index (κ3) is 3.07. The minimum Gasteiger partial charge on any atom is -0.456 e. The molecule has 4 aromatic heterocycles. The Morgan fingerprint density at radius 2 is 0.957 bits per heavy atom. The molecule has 0 aliphatic rings. The summed E-state index contributed by atoms with van der Waals surface area (Å²) in [5.74, 6) is 0. The van der Waals surface area contributed by atoms with Crippen molar-refractivity contribution in [2.45, 2.75) is 0 Å². The maximum Gasteiger partial charge on any atom is 0.143 e. The molecule has 0 radical (unpaired) electrons. The highest BCUT2D eigenvalue weighted by Crippen LogP contribution is 2.44. The van der Waals surface area contributed by atoms with E-state index < -0.39 is 0 Å². The van der Waals surface area contributed by atoms with Gasteiger partial charge in [-0.05, 0) is 60.2 Å². The smallest absolute Gasteiger partial charge is 0.143 e. The summed E-state index contributed by atoms with van der Waals surface area (Å²) in [5, 5.41) is 9.08. The fraction of sp³-hybridized carbons (Fsp3) is 0. The Morgan fingerprint density at radius 3 is 1.80 bits per heavy atom. The van der Waals surface area contributed by atoms with E-state index in [1.54, 1.807) is 0 Å². The van der Waals surface area contributed by atoms with Crippen molar-refractivity contribution < 1.29 is 13.3 Å². The summed E-state index contributed by atoms with van der Waals surface area (Å²) in [6.45, 7) is 0. The molecule has 0 saturated carbocycles. The number of fused-ring (bicyclic) bond motifs is 13. The third-order valence-corrected chi connectivity index (χ3v) is 9.61. The molecule has 0 spiro atoms. The highest BCUT2D eigenvalue weighted by molar-refractivity contribution is 6.27. The second-order valence-electron chi connectivity index (χ2n) is 12.0. The summed E-state index contributed by atoms with van der Waals surface area (Å²) >= 11 is 0. The zero-order valence-electron chi connectivity index (χ0n) is 24.5. The monoisotopic (exact) mass is 589 g/mol. The number of aromatic nitrogens is 1. The van der Waals surface area contributed by atoms with E-state index >= 15 is 0 Å². The van der Waals surface area contributed by atoms with Crippen molar-refractivity contribution in [3.05, 3.63) is 140 Å². The molecule has 0 unspecified atom stereocenters. The summed E-state index contributed by atoms with van der Waals surface area (Å²) < 4.78 is 21.5. The van der Waals surface area contributed by atoms with Gasteiger partial charge in [0, 0.05) is 54.3 Å². The van der Waals surface area contributed by atoms with Gasteiger partial charge >= 0.3 is 0 Å². The van der Waals surface area contributed by atoms with Crippen LogP contribution in [-0.4, -0.2) is 4.57 Å². The van der Waals surface area contributed by atoms with Crippen molar-refractivity contribution in [2.75, 3.05) is 0 Å². The van der Waals surface area contributed by atoms with Crippen LogP contribution >= 0.6 is 0 Å². The molecule has 0 bridgehead atoms. The van der Waals surface area contributed by atoms with E-state index in [2.05, 4.69) is 114 Å². The molecule has 7 aromatic carbocycles. The third-order valence-electron chi connectivity index (χ3n) is 9.61. The van der Waals surface area contributed by atoms with Crippen molar-refractivity contribution in [2.24, 2.45) is 0 Å². The summed E-state index contributed by atoms with van der Waals surface area (Å²) in [7, 11) is 0. The lowest BCUT2D eigenvalue weighted by atomic mass is 9.97. The van der Waals surface area contributed by atoms with Crippen LogP contribution in [0.15, 0.2) is 153 Å². The van der Waals surface area contributed by atoms with Gasteiger partial charge in [-0.25, -0.2) is 0 Å². The van der Waals surface area contributed by atoms with Gasteiger partial charge in [0.25, 0.3) is 0 Å². The Balaban J connectivity index is 1.19. The topological polar surface area (TPSA) is 44.4 Å². The molecule has 11 rings (SSSR count). The summed E-state index contributed by atoms with van der Waals surface area (Å²) in [5.41, 5.74) is 10.8. The van der Waals surface area contributed by atoms with Crippen LogP contribution in [-0.2, 0) is 0 Å². The van der Waals surface area contributed by atoms with Crippen LogP contribution in [0.3, 0.4) is 0 Å². The van der Waals surface area contributed by atoms with E-state index in [1.807, 2.05) is 30.3 Å². The molecule has 0 aliphatic heterocycles. The first-order valence-corrected chi connectivity index (χ1v) is 15.5. The van der Waals surface area contributed by atoms with Gasteiger partial charge in [0.2, 0.25) is 0 Å². The molecule has 214 valence electrons. The first-order valence-electron chi connectivity index (χ1n) is 15.5. The van der Waals surface area contributed by atoms with Crippen LogP contribution in [0.2, 0.25) is 0 Å². The lowest BCUT2D eigenvalue weighted by Gasteiger charge is -2.08. The average molecular weight is 590 g/mol. The summed E-state index contributed by atoms with van der Waals surface area (Å²) in [6, 6.07) is 48.7. The molecular formula is C42H23NO3. The molecule has 0 N–H and O–H groups in total. The largest absolute Gasteiger partial charge is 0.456 e. The maximum atomic E-state index is 6.67. The highest BCUT2D eigenvalue weighted by atomic mass is 16.3. The first-order chi connectivity index (χ1) is 22.8. The molecule has 0 saturated heterocycles. The van der Waals surface area contributed by atoms with Gasteiger partial charge in [-0.2, -0.15) is 0 Å². The Kier molecular flexibility index (Phi) is 4.55. The predicted molar refractivity (Wildman–Crippen MR) is 188 cm³/mol. The van der Waals surface area contributed by atoms with Crippen LogP contribution in [0.5, 0.6) is 0 Å². The van der Waals surface area contributed by atoms with Gasteiger partial charge in [0.1, 0.15) is 33.5 Å². The lowest BCUT2D eigenvalue weighted by molar-refractivity contribution is 0.668. The molecule has 4 heteroatoms. The number of hydrogen-bond acceptors (Lipinski definition) is 3. The van der Waals surface area contributed by atoms with E-state index in [4.69, 9.17) is 13.3 Å². The minimum atomic E-state index is 0.861. The standard InChI is InChI=1S/C42H23NO3/c1-4-15-32-28(9-1)40-33(20-22-38-41(40)30-11-3-6-17-35(30)45-38)43(32)24-19-21-36-31(23-24)27-14-7-13-26(42(27)46-36)25-12-8-18-37-39(25)29-10-2-5-16-34(29)44-37/h1-23H. The Morgan fingerprint density at radius 1 is 0.348 bits per heavy atom. The van der Waals surface area contributed by atoms with Crippen LogP contribution in [0.25, 0.3) is 104 Å². The van der Waals surface area contributed by atoms with E-state index in [9.17, 15) is 0 Å². The van der Waals surface area contributed by atoms with Crippen LogP contribution in [0, 0.1) is 0 Å². The van der Waals surface area contributed by atoms with Gasteiger partial charge in [-0.15, -0.1) is 0 Å². The molecule has 0 aliphatic carbocycles. The second-order valence-corrected chi connectivity index (χ2v) is 12.0. The number of benzene rings is 7. The summed E-state index contributed by atoms with van der Waals surface area (Å²) in [6.07, 6.45) is 0. The van der Waals surface area contributed by atoms with Crippen LogP contribution in [0.1, 0.15) is 0 Å². The average Bonchev–Trinajstić information content (AvgIpc) is 3.86. The number of rotatable bonds is 2. The highest BCUT2D eigenvalue weighted by Gasteiger charge is 2.21. The van der Waals surface area contributed by atoms with Gasteiger partial charge < -0.3 is 17.8 Å². The molecule has 11 aromatic rings. The Bertz CT molecular complexity index is 3040. The van der Waals surface area contributed by atoms with Crippen molar-refractivity contribution in [3.8, 4) is 16.8 Å². The van der Waals surface area contributed by atoms with E-state index in [1.165, 1.54) is 10.8 Å². The van der Waals surface area contributed by atoms with Gasteiger partial charge in [-0.3, -0.25) is 0 Å². The molecular weight excluding hydrogens is 566 g/mol. The lowest BCUT2D eigenvalue weighted by Crippen LogP contribution is -1.93. The van der Waals surface area contributed by atoms with E-state index in [-0.39, 0.29) is 0 Å².